The number of aromatic nitrogens is 3. The van der Waals surface area contributed by atoms with Gasteiger partial charge in [0.05, 0.1) is 12.9 Å². The van der Waals surface area contributed by atoms with Crippen LogP contribution in [0.1, 0.15) is 26.3 Å². The topological polar surface area (TPSA) is 57.0 Å². The SMILES string of the molecule is COc1ccc(-n2c(SCC=O)nnc2-c2ccc(C(C)(C)C)cc2)cc1. The molecule has 0 bridgehead atoms. The van der Waals surface area contributed by atoms with Gasteiger partial charge in [0.1, 0.15) is 12.0 Å². The van der Waals surface area contributed by atoms with Crippen LogP contribution in [0.15, 0.2) is 53.7 Å². The second-order valence-electron chi connectivity index (χ2n) is 7.14. The van der Waals surface area contributed by atoms with Crippen LogP contribution in [0.5, 0.6) is 5.75 Å². The van der Waals surface area contributed by atoms with Crippen LogP contribution in [-0.4, -0.2) is 33.9 Å². The minimum absolute atomic E-state index is 0.0904. The summed E-state index contributed by atoms with van der Waals surface area (Å²) < 4.78 is 7.22. The molecule has 0 amide bonds. The summed E-state index contributed by atoms with van der Waals surface area (Å²) in [7, 11) is 1.64. The van der Waals surface area contributed by atoms with Crippen molar-refractivity contribution in [2.24, 2.45) is 0 Å². The molecule has 0 spiro atoms. The molecular formula is C21H23N3O2S. The zero-order valence-electron chi connectivity index (χ0n) is 16.0. The Morgan fingerprint density at radius 2 is 1.70 bits per heavy atom. The minimum Gasteiger partial charge on any atom is -0.497 e. The fourth-order valence-corrected chi connectivity index (χ4v) is 3.38. The second kappa shape index (κ2) is 7.96. The molecule has 140 valence electrons. The number of benzene rings is 2. The molecule has 0 aliphatic carbocycles. The minimum atomic E-state index is 0.0904. The maximum atomic E-state index is 10.8. The van der Waals surface area contributed by atoms with E-state index >= 15 is 0 Å². The number of methoxy groups -OCH3 is 1. The standard InChI is InChI=1S/C21H23N3O2S/c1-21(2,3)16-7-5-15(6-8-16)19-22-23-20(27-14-13-25)24(19)17-9-11-18(26-4)12-10-17/h5-13H,14H2,1-4H3. The summed E-state index contributed by atoms with van der Waals surface area (Å²) in [4.78, 5) is 10.8. The Morgan fingerprint density at radius 3 is 2.26 bits per heavy atom. The number of hydrogen-bond donors (Lipinski definition) is 0. The summed E-state index contributed by atoms with van der Waals surface area (Å²) in [5.41, 5.74) is 3.25. The highest BCUT2D eigenvalue weighted by Crippen LogP contribution is 2.30. The summed E-state index contributed by atoms with van der Waals surface area (Å²) in [6.07, 6.45) is 0.871. The first-order chi connectivity index (χ1) is 12.9. The third-order valence-corrected chi connectivity index (χ3v) is 5.08. The van der Waals surface area contributed by atoms with Crippen molar-refractivity contribution in [1.82, 2.24) is 14.8 Å². The number of aldehydes is 1. The Labute approximate surface area is 163 Å². The van der Waals surface area contributed by atoms with Crippen molar-refractivity contribution in [2.45, 2.75) is 31.3 Å². The molecule has 0 atom stereocenters. The van der Waals surface area contributed by atoms with E-state index in [1.54, 1.807) is 7.11 Å². The van der Waals surface area contributed by atoms with Crippen LogP contribution >= 0.6 is 11.8 Å². The molecular weight excluding hydrogens is 358 g/mol. The van der Waals surface area contributed by atoms with Crippen molar-refractivity contribution in [3.63, 3.8) is 0 Å². The van der Waals surface area contributed by atoms with Crippen LogP contribution in [0.3, 0.4) is 0 Å². The van der Waals surface area contributed by atoms with Crippen molar-refractivity contribution in [2.75, 3.05) is 12.9 Å². The van der Waals surface area contributed by atoms with E-state index in [0.717, 1.165) is 29.1 Å². The van der Waals surface area contributed by atoms with E-state index < -0.39 is 0 Å². The summed E-state index contributed by atoms with van der Waals surface area (Å²) in [5, 5.41) is 9.38. The Kier molecular flexibility index (Phi) is 5.65. The number of carbonyl (C=O) groups excluding carboxylic acids is 1. The zero-order valence-corrected chi connectivity index (χ0v) is 16.8. The predicted octanol–water partition coefficient (Wildman–Crippen LogP) is 4.53. The quantitative estimate of drug-likeness (QED) is 0.464. The first kappa shape index (κ1) is 19.2. The first-order valence-corrected chi connectivity index (χ1v) is 9.70. The van der Waals surface area contributed by atoms with E-state index in [1.165, 1.54) is 17.3 Å². The molecule has 0 saturated carbocycles. The molecule has 0 aliphatic heterocycles. The van der Waals surface area contributed by atoms with E-state index in [4.69, 9.17) is 4.74 Å². The highest BCUT2D eigenvalue weighted by molar-refractivity contribution is 7.99. The van der Waals surface area contributed by atoms with Gasteiger partial charge < -0.3 is 9.53 Å². The predicted molar refractivity (Wildman–Crippen MR) is 109 cm³/mol. The molecule has 1 aromatic heterocycles. The van der Waals surface area contributed by atoms with E-state index in [0.29, 0.717) is 10.9 Å². The summed E-state index contributed by atoms with van der Waals surface area (Å²) in [5.74, 6) is 1.86. The van der Waals surface area contributed by atoms with Crippen LogP contribution in [0.25, 0.3) is 17.1 Å². The van der Waals surface area contributed by atoms with E-state index in [1.807, 2.05) is 28.8 Å². The molecule has 27 heavy (non-hydrogen) atoms. The van der Waals surface area contributed by atoms with Gasteiger partial charge in [-0.3, -0.25) is 4.57 Å². The van der Waals surface area contributed by atoms with Gasteiger partial charge in [-0.05, 0) is 35.2 Å². The molecule has 0 radical (unpaired) electrons. The fourth-order valence-electron chi connectivity index (χ4n) is 2.74. The number of nitrogens with zero attached hydrogens (tertiary/aromatic N) is 3. The molecule has 6 heteroatoms. The number of thioether (sulfide) groups is 1. The number of carbonyl (C=O) groups is 1. The van der Waals surface area contributed by atoms with Crippen molar-refractivity contribution >= 4 is 18.0 Å². The lowest BCUT2D eigenvalue weighted by atomic mass is 9.87. The molecule has 0 N–H and O–H groups in total. The Balaban J connectivity index is 2.06. The highest BCUT2D eigenvalue weighted by Gasteiger charge is 2.18. The summed E-state index contributed by atoms with van der Waals surface area (Å²) in [6.45, 7) is 6.57. The molecule has 0 unspecified atom stereocenters. The maximum absolute atomic E-state index is 10.8. The van der Waals surface area contributed by atoms with Gasteiger partial charge in [-0.25, -0.2) is 0 Å². The molecule has 3 aromatic rings. The lowest BCUT2D eigenvalue weighted by molar-refractivity contribution is -0.105. The summed E-state index contributed by atoms with van der Waals surface area (Å²) in [6, 6.07) is 16.1. The van der Waals surface area contributed by atoms with Gasteiger partial charge in [0.25, 0.3) is 0 Å². The van der Waals surface area contributed by atoms with E-state index in [-0.39, 0.29) is 5.41 Å². The lowest BCUT2D eigenvalue weighted by Gasteiger charge is -2.19. The largest absolute Gasteiger partial charge is 0.497 e. The van der Waals surface area contributed by atoms with Crippen molar-refractivity contribution in [3.05, 3.63) is 54.1 Å². The molecule has 5 nitrogen and oxygen atoms in total. The fraction of sp³-hybridized carbons (Fsp3) is 0.286. The molecule has 0 aliphatic rings. The van der Waals surface area contributed by atoms with E-state index in [2.05, 4.69) is 55.2 Å². The Morgan fingerprint density at radius 1 is 1.04 bits per heavy atom. The normalized spacial score (nSPS) is 11.4. The van der Waals surface area contributed by atoms with Gasteiger partial charge >= 0.3 is 0 Å². The molecule has 0 fully saturated rings. The first-order valence-electron chi connectivity index (χ1n) is 8.71. The van der Waals surface area contributed by atoms with Gasteiger partial charge in [-0.1, -0.05) is 56.8 Å². The molecule has 1 heterocycles. The van der Waals surface area contributed by atoms with Gasteiger partial charge in [0, 0.05) is 11.3 Å². The number of rotatable bonds is 6. The monoisotopic (exact) mass is 381 g/mol. The highest BCUT2D eigenvalue weighted by atomic mass is 32.2. The maximum Gasteiger partial charge on any atom is 0.196 e. The molecule has 3 rings (SSSR count). The zero-order chi connectivity index (χ0) is 19.4. The average Bonchev–Trinajstić information content (AvgIpc) is 3.09. The van der Waals surface area contributed by atoms with Crippen LogP contribution in [0, 0.1) is 0 Å². The Bertz CT molecular complexity index is 910. The number of ether oxygens (including phenoxy) is 1. The third-order valence-electron chi connectivity index (χ3n) is 4.25. The molecule has 2 aromatic carbocycles. The Hall–Kier alpha value is -2.60. The van der Waals surface area contributed by atoms with E-state index in [9.17, 15) is 4.79 Å². The van der Waals surface area contributed by atoms with Gasteiger partial charge in [-0.2, -0.15) is 0 Å². The number of hydrogen-bond acceptors (Lipinski definition) is 5. The van der Waals surface area contributed by atoms with Gasteiger partial charge in [0.2, 0.25) is 0 Å². The van der Waals surface area contributed by atoms with Gasteiger partial charge in [-0.15, -0.1) is 10.2 Å². The average molecular weight is 382 g/mol. The lowest BCUT2D eigenvalue weighted by Crippen LogP contribution is -2.10. The van der Waals surface area contributed by atoms with Crippen molar-refractivity contribution in [1.29, 1.82) is 0 Å². The second-order valence-corrected chi connectivity index (χ2v) is 8.13. The smallest absolute Gasteiger partial charge is 0.196 e. The van der Waals surface area contributed by atoms with Crippen LogP contribution in [-0.2, 0) is 10.2 Å². The van der Waals surface area contributed by atoms with Crippen molar-refractivity contribution < 1.29 is 9.53 Å². The summed E-state index contributed by atoms with van der Waals surface area (Å²) >= 11 is 1.36. The van der Waals surface area contributed by atoms with Crippen LogP contribution < -0.4 is 4.74 Å². The molecule has 0 saturated heterocycles. The van der Waals surface area contributed by atoms with Crippen molar-refractivity contribution in [3.8, 4) is 22.8 Å². The van der Waals surface area contributed by atoms with Crippen LogP contribution in [0.2, 0.25) is 0 Å². The van der Waals surface area contributed by atoms with Gasteiger partial charge in [0.15, 0.2) is 11.0 Å². The van der Waals surface area contributed by atoms with Crippen LogP contribution in [0.4, 0.5) is 0 Å². The third kappa shape index (κ3) is 4.22.